The van der Waals surface area contributed by atoms with E-state index in [1.165, 1.54) is 24.1 Å². The molecule has 0 atom stereocenters. The fraction of sp³-hybridized carbons (Fsp3) is 0.222. The molecular formula is C18H18F2N2O3. The number of alkyl halides is 2. The number of likely N-dealkylation sites (N-methyl/N-ethyl adjacent to an activating group) is 1. The molecule has 0 radical (unpaired) electrons. The summed E-state index contributed by atoms with van der Waals surface area (Å²) in [5.74, 6) is -1.41. The third kappa shape index (κ3) is 5.27. The van der Waals surface area contributed by atoms with Crippen LogP contribution in [0.4, 0.5) is 14.5 Å². The van der Waals surface area contributed by atoms with Gasteiger partial charge in [0.15, 0.2) is 0 Å². The van der Waals surface area contributed by atoms with Crippen molar-refractivity contribution in [1.82, 2.24) is 4.90 Å². The highest BCUT2D eigenvalue weighted by atomic mass is 19.3. The van der Waals surface area contributed by atoms with Gasteiger partial charge < -0.3 is 15.0 Å². The minimum Gasteiger partial charge on any atom is -0.435 e. The molecular weight excluding hydrogens is 330 g/mol. The van der Waals surface area contributed by atoms with Crippen molar-refractivity contribution >= 4 is 17.5 Å². The number of halogens is 2. The van der Waals surface area contributed by atoms with Crippen LogP contribution in [0.1, 0.15) is 11.1 Å². The molecule has 0 heterocycles. The van der Waals surface area contributed by atoms with Gasteiger partial charge in [-0.3, -0.25) is 9.59 Å². The normalized spacial score (nSPS) is 10.4. The zero-order valence-electron chi connectivity index (χ0n) is 13.8. The van der Waals surface area contributed by atoms with Gasteiger partial charge in [-0.1, -0.05) is 30.3 Å². The number of aryl methyl sites for hydroxylation is 1. The van der Waals surface area contributed by atoms with Crippen LogP contribution in [0.25, 0.3) is 0 Å². The maximum absolute atomic E-state index is 12.2. The van der Waals surface area contributed by atoms with Crippen LogP contribution in [0.5, 0.6) is 5.75 Å². The maximum atomic E-state index is 12.2. The molecule has 0 aliphatic heterocycles. The number of carbonyl (C=O) groups is 2. The zero-order valence-corrected chi connectivity index (χ0v) is 13.8. The predicted octanol–water partition coefficient (Wildman–Crippen LogP) is 3.19. The second-order valence-electron chi connectivity index (χ2n) is 5.45. The summed E-state index contributed by atoms with van der Waals surface area (Å²) in [6.45, 7) is -0.901. The van der Waals surface area contributed by atoms with Crippen LogP contribution in [-0.2, 0) is 16.1 Å². The molecule has 132 valence electrons. The monoisotopic (exact) mass is 348 g/mol. The standard InChI is InChI=1S/C18H18F2N2O3/c1-12-5-3-4-6-15(12)21-16(23)17(24)22(2)11-13-7-9-14(10-8-13)25-18(19)20/h3-10,18H,11H2,1-2H3,(H,21,23). The van der Waals surface area contributed by atoms with Crippen molar-refractivity contribution in [3.63, 3.8) is 0 Å². The summed E-state index contributed by atoms with van der Waals surface area (Å²) in [4.78, 5) is 25.5. The number of nitrogens with one attached hydrogen (secondary N) is 1. The van der Waals surface area contributed by atoms with E-state index in [9.17, 15) is 18.4 Å². The third-order valence-electron chi connectivity index (χ3n) is 3.50. The Labute approximate surface area is 144 Å². The van der Waals surface area contributed by atoms with E-state index in [1.54, 1.807) is 24.3 Å². The van der Waals surface area contributed by atoms with Crippen molar-refractivity contribution < 1.29 is 23.1 Å². The highest BCUT2D eigenvalue weighted by Crippen LogP contribution is 2.16. The molecule has 2 aromatic carbocycles. The lowest BCUT2D eigenvalue weighted by molar-refractivity contribution is -0.142. The summed E-state index contributed by atoms with van der Waals surface area (Å²) in [5.41, 5.74) is 2.10. The summed E-state index contributed by atoms with van der Waals surface area (Å²) in [5, 5.41) is 2.57. The highest BCUT2D eigenvalue weighted by molar-refractivity contribution is 6.39. The lowest BCUT2D eigenvalue weighted by Gasteiger charge is -2.17. The van der Waals surface area contributed by atoms with Gasteiger partial charge in [-0.05, 0) is 36.2 Å². The first-order chi connectivity index (χ1) is 11.9. The van der Waals surface area contributed by atoms with E-state index in [1.807, 2.05) is 19.1 Å². The predicted molar refractivity (Wildman–Crippen MR) is 89.4 cm³/mol. The fourth-order valence-electron chi connectivity index (χ4n) is 2.18. The smallest absolute Gasteiger partial charge is 0.387 e. The number of ether oxygens (including phenoxy) is 1. The summed E-state index contributed by atoms with van der Waals surface area (Å²) >= 11 is 0. The van der Waals surface area contributed by atoms with Gasteiger partial charge in [0.2, 0.25) is 0 Å². The molecule has 0 saturated heterocycles. The Kier molecular flexibility index (Phi) is 6.05. The van der Waals surface area contributed by atoms with Gasteiger partial charge in [-0.25, -0.2) is 0 Å². The molecule has 0 unspecified atom stereocenters. The number of rotatable bonds is 5. The topological polar surface area (TPSA) is 58.6 Å². The van der Waals surface area contributed by atoms with Crippen LogP contribution >= 0.6 is 0 Å². The Morgan fingerprint density at radius 3 is 2.36 bits per heavy atom. The van der Waals surface area contributed by atoms with Crippen LogP contribution < -0.4 is 10.1 Å². The van der Waals surface area contributed by atoms with Crippen LogP contribution in [0.15, 0.2) is 48.5 Å². The molecule has 0 fully saturated rings. The minimum atomic E-state index is -2.89. The van der Waals surface area contributed by atoms with Crippen molar-refractivity contribution in [2.75, 3.05) is 12.4 Å². The maximum Gasteiger partial charge on any atom is 0.387 e. The molecule has 1 N–H and O–H groups in total. The molecule has 5 nitrogen and oxygen atoms in total. The van der Waals surface area contributed by atoms with E-state index < -0.39 is 18.4 Å². The number of para-hydroxylation sites is 1. The first-order valence-corrected chi connectivity index (χ1v) is 7.52. The molecule has 2 aromatic rings. The van der Waals surface area contributed by atoms with Gasteiger partial charge in [-0.15, -0.1) is 0 Å². The number of hydrogen-bond acceptors (Lipinski definition) is 3. The lowest BCUT2D eigenvalue weighted by atomic mass is 10.2. The van der Waals surface area contributed by atoms with Crippen molar-refractivity contribution in [3.05, 3.63) is 59.7 Å². The molecule has 0 aliphatic rings. The summed E-state index contributed by atoms with van der Waals surface area (Å²) in [7, 11) is 1.49. The molecule has 25 heavy (non-hydrogen) atoms. The zero-order chi connectivity index (χ0) is 18.4. The Hall–Kier alpha value is -2.96. The van der Waals surface area contributed by atoms with Crippen molar-refractivity contribution in [2.45, 2.75) is 20.1 Å². The average Bonchev–Trinajstić information content (AvgIpc) is 2.57. The largest absolute Gasteiger partial charge is 0.435 e. The number of benzene rings is 2. The number of amides is 2. The van der Waals surface area contributed by atoms with Gasteiger partial charge in [-0.2, -0.15) is 8.78 Å². The summed E-state index contributed by atoms with van der Waals surface area (Å²) < 4.78 is 28.5. The molecule has 2 amide bonds. The second kappa shape index (κ2) is 8.23. The number of nitrogens with zero attached hydrogens (tertiary/aromatic N) is 1. The second-order valence-corrected chi connectivity index (χ2v) is 5.45. The van der Waals surface area contributed by atoms with Gasteiger partial charge in [0.05, 0.1) is 0 Å². The van der Waals surface area contributed by atoms with E-state index in [-0.39, 0.29) is 12.3 Å². The van der Waals surface area contributed by atoms with E-state index in [4.69, 9.17) is 0 Å². The van der Waals surface area contributed by atoms with Crippen molar-refractivity contribution in [3.8, 4) is 5.75 Å². The first-order valence-electron chi connectivity index (χ1n) is 7.52. The van der Waals surface area contributed by atoms with Gasteiger partial charge in [0.1, 0.15) is 5.75 Å². The first kappa shape index (κ1) is 18.4. The summed E-state index contributed by atoms with van der Waals surface area (Å²) in [6, 6.07) is 13.0. The molecule has 2 rings (SSSR count). The average molecular weight is 348 g/mol. The molecule has 0 spiro atoms. The minimum absolute atomic E-state index is 0.0324. The number of anilines is 1. The van der Waals surface area contributed by atoms with Gasteiger partial charge in [0, 0.05) is 19.3 Å². The Morgan fingerprint density at radius 1 is 1.12 bits per heavy atom. The highest BCUT2D eigenvalue weighted by Gasteiger charge is 2.19. The Balaban J connectivity index is 1.95. The fourth-order valence-corrected chi connectivity index (χ4v) is 2.18. The third-order valence-corrected chi connectivity index (χ3v) is 3.50. The molecule has 0 bridgehead atoms. The van der Waals surface area contributed by atoms with Crippen LogP contribution in [0, 0.1) is 6.92 Å². The molecule has 0 aromatic heterocycles. The SMILES string of the molecule is Cc1ccccc1NC(=O)C(=O)N(C)Cc1ccc(OC(F)F)cc1. The molecule has 0 aliphatic carbocycles. The number of hydrogen-bond donors (Lipinski definition) is 1. The van der Waals surface area contributed by atoms with E-state index in [0.29, 0.717) is 11.3 Å². The van der Waals surface area contributed by atoms with E-state index in [2.05, 4.69) is 10.1 Å². The number of carbonyl (C=O) groups excluding carboxylic acids is 2. The van der Waals surface area contributed by atoms with Crippen LogP contribution in [0.2, 0.25) is 0 Å². The quantitative estimate of drug-likeness (QED) is 0.844. The summed E-state index contributed by atoms with van der Waals surface area (Å²) in [6.07, 6.45) is 0. The lowest BCUT2D eigenvalue weighted by Crippen LogP contribution is -2.36. The van der Waals surface area contributed by atoms with Crippen molar-refractivity contribution in [2.24, 2.45) is 0 Å². The van der Waals surface area contributed by atoms with Gasteiger partial charge >= 0.3 is 18.4 Å². The van der Waals surface area contributed by atoms with Gasteiger partial charge in [0.25, 0.3) is 0 Å². The van der Waals surface area contributed by atoms with Crippen LogP contribution in [-0.4, -0.2) is 30.4 Å². The van der Waals surface area contributed by atoms with E-state index >= 15 is 0 Å². The molecule has 0 saturated carbocycles. The van der Waals surface area contributed by atoms with Crippen LogP contribution in [0.3, 0.4) is 0 Å². The van der Waals surface area contributed by atoms with E-state index in [0.717, 1.165) is 5.56 Å². The van der Waals surface area contributed by atoms with Crippen molar-refractivity contribution in [1.29, 1.82) is 0 Å². The molecule has 7 heteroatoms. The Morgan fingerprint density at radius 2 is 1.76 bits per heavy atom. The Bertz CT molecular complexity index is 748.